The van der Waals surface area contributed by atoms with Crippen LogP contribution in [0.4, 0.5) is 0 Å². The molecule has 28 heavy (non-hydrogen) atoms. The van der Waals surface area contributed by atoms with Gasteiger partial charge < -0.3 is 0 Å². The molecule has 0 aliphatic rings. The molecule has 1 nitrogen and oxygen atoms in total. The standard InChI is InChI=1S/C27H17N/c1-2-9-18(10-3-1)24-17-25-20-12-5-7-14-22(20)27-23(15-8-16-28-27)26(25)21-13-6-4-11-19(21)24/h1-17H. The van der Waals surface area contributed by atoms with Crippen LogP contribution >= 0.6 is 0 Å². The van der Waals surface area contributed by atoms with Gasteiger partial charge in [-0.3, -0.25) is 4.98 Å². The van der Waals surface area contributed by atoms with Gasteiger partial charge in [-0.2, -0.15) is 0 Å². The number of hydrogen-bond acceptors (Lipinski definition) is 1. The predicted molar refractivity (Wildman–Crippen MR) is 120 cm³/mol. The molecule has 6 aromatic rings. The van der Waals surface area contributed by atoms with Crippen molar-refractivity contribution in [1.29, 1.82) is 0 Å². The van der Waals surface area contributed by atoms with Crippen molar-refractivity contribution in [3.05, 3.63) is 103 Å². The van der Waals surface area contributed by atoms with Gasteiger partial charge in [-0.05, 0) is 50.2 Å². The Bertz CT molecular complexity index is 1500. The van der Waals surface area contributed by atoms with E-state index in [-0.39, 0.29) is 0 Å². The third-order valence-corrected chi connectivity index (χ3v) is 5.68. The summed E-state index contributed by atoms with van der Waals surface area (Å²) in [5, 5.41) is 8.81. The van der Waals surface area contributed by atoms with Crippen LogP contribution in [-0.2, 0) is 0 Å². The molecule has 0 saturated carbocycles. The van der Waals surface area contributed by atoms with Crippen LogP contribution in [0.15, 0.2) is 103 Å². The second-order valence-electron chi connectivity index (χ2n) is 7.20. The summed E-state index contributed by atoms with van der Waals surface area (Å²) < 4.78 is 0. The molecule has 1 heterocycles. The van der Waals surface area contributed by atoms with E-state index >= 15 is 0 Å². The van der Waals surface area contributed by atoms with Crippen LogP contribution in [0, 0.1) is 0 Å². The van der Waals surface area contributed by atoms with Gasteiger partial charge in [0.1, 0.15) is 0 Å². The minimum Gasteiger partial charge on any atom is -0.256 e. The molecule has 0 saturated heterocycles. The van der Waals surface area contributed by atoms with Crippen LogP contribution in [0.1, 0.15) is 0 Å². The first-order valence-corrected chi connectivity index (χ1v) is 9.58. The fourth-order valence-corrected chi connectivity index (χ4v) is 4.48. The zero-order valence-electron chi connectivity index (χ0n) is 15.3. The Balaban J connectivity index is 1.95. The monoisotopic (exact) mass is 355 g/mol. The van der Waals surface area contributed by atoms with Crippen molar-refractivity contribution in [2.75, 3.05) is 0 Å². The van der Waals surface area contributed by atoms with Crippen LogP contribution in [0.3, 0.4) is 0 Å². The van der Waals surface area contributed by atoms with E-state index in [1.54, 1.807) is 0 Å². The third kappa shape index (κ3) is 2.10. The zero-order chi connectivity index (χ0) is 18.5. The molecule has 0 amide bonds. The van der Waals surface area contributed by atoms with E-state index in [0.717, 1.165) is 5.52 Å². The number of nitrogens with zero attached hydrogens (tertiary/aromatic N) is 1. The van der Waals surface area contributed by atoms with E-state index in [0.29, 0.717) is 0 Å². The molecule has 0 aliphatic carbocycles. The van der Waals surface area contributed by atoms with Crippen molar-refractivity contribution in [3.63, 3.8) is 0 Å². The Morgan fingerprint density at radius 2 is 1.11 bits per heavy atom. The quantitative estimate of drug-likeness (QED) is 0.281. The Kier molecular flexibility index (Phi) is 3.24. The fraction of sp³-hybridized carbons (Fsp3) is 0. The average molecular weight is 355 g/mol. The summed E-state index contributed by atoms with van der Waals surface area (Å²) in [6.07, 6.45) is 1.89. The Hall–Kier alpha value is -3.71. The summed E-state index contributed by atoms with van der Waals surface area (Å²) in [5.41, 5.74) is 3.59. The van der Waals surface area contributed by atoms with Crippen LogP contribution in [0.2, 0.25) is 0 Å². The molecule has 0 fully saturated rings. The van der Waals surface area contributed by atoms with Gasteiger partial charge in [-0.25, -0.2) is 0 Å². The second kappa shape index (κ2) is 5.90. The van der Waals surface area contributed by atoms with Gasteiger partial charge in [-0.15, -0.1) is 0 Å². The van der Waals surface area contributed by atoms with Crippen molar-refractivity contribution in [2.45, 2.75) is 0 Å². The summed E-state index contributed by atoms with van der Waals surface area (Å²) in [4.78, 5) is 4.75. The molecule has 5 aromatic carbocycles. The number of aromatic nitrogens is 1. The van der Waals surface area contributed by atoms with Gasteiger partial charge >= 0.3 is 0 Å². The molecule has 130 valence electrons. The van der Waals surface area contributed by atoms with Crippen molar-refractivity contribution in [2.24, 2.45) is 0 Å². The molecule has 1 heteroatoms. The van der Waals surface area contributed by atoms with Gasteiger partial charge in [0.2, 0.25) is 0 Å². The molecular weight excluding hydrogens is 338 g/mol. The van der Waals surface area contributed by atoms with E-state index in [1.165, 1.54) is 48.8 Å². The highest BCUT2D eigenvalue weighted by molar-refractivity contribution is 6.32. The highest BCUT2D eigenvalue weighted by Crippen LogP contribution is 2.41. The molecule has 0 spiro atoms. The topological polar surface area (TPSA) is 12.9 Å². The molecule has 0 aliphatic heterocycles. The molecule has 0 bridgehead atoms. The molecule has 0 atom stereocenters. The maximum Gasteiger partial charge on any atom is 0.0786 e. The first-order chi connectivity index (χ1) is 13.9. The highest BCUT2D eigenvalue weighted by Gasteiger charge is 2.14. The summed E-state index contributed by atoms with van der Waals surface area (Å²) in [6, 6.07) is 34.6. The molecule has 0 unspecified atom stereocenters. The van der Waals surface area contributed by atoms with Crippen molar-refractivity contribution < 1.29 is 0 Å². The van der Waals surface area contributed by atoms with Crippen molar-refractivity contribution >= 4 is 43.2 Å². The lowest BCUT2D eigenvalue weighted by molar-refractivity contribution is 1.43. The summed E-state index contributed by atoms with van der Waals surface area (Å²) >= 11 is 0. The summed E-state index contributed by atoms with van der Waals surface area (Å²) in [6.45, 7) is 0. The van der Waals surface area contributed by atoms with Gasteiger partial charge in [0.25, 0.3) is 0 Å². The van der Waals surface area contributed by atoms with Crippen LogP contribution < -0.4 is 0 Å². The van der Waals surface area contributed by atoms with E-state index in [9.17, 15) is 0 Å². The van der Waals surface area contributed by atoms with Gasteiger partial charge in [-0.1, -0.05) is 84.9 Å². The lowest BCUT2D eigenvalue weighted by atomic mass is 9.89. The van der Waals surface area contributed by atoms with E-state index in [2.05, 4.69) is 91.0 Å². The lowest BCUT2D eigenvalue weighted by Gasteiger charge is -2.15. The molecule has 1 aromatic heterocycles. The van der Waals surface area contributed by atoms with E-state index in [1.807, 2.05) is 12.3 Å². The fourth-order valence-electron chi connectivity index (χ4n) is 4.48. The zero-order valence-corrected chi connectivity index (χ0v) is 15.3. The Morgan fingerprint density at radius 1 is 0.464 bits per heavy atom. The smallest absolute Gasteiger partial charge is 0.0786 e. The molecular formula is C27H17N. The highest BCUT2D eigenvalue weighted by atomic mass is 14.6. The maximum atomic E-state index is 4.75. The van der Waals surface area contributed by atoms with Gasteiger partial charge in [0.05, 0.1) is 5.52 Å². The number of pyridine rings is 1. The van der Waals surface area contributed by atoms with E-state index < -0.39 is 0 Å². The van der Waals surface area contributed by atoms with Crippen molar-refractivity contribution in [1.82, 2.24) is 4.98 Å². The number of fused-ring (bicyclic) bond motifs is 8. The largest absolute Gasteiger partial charge is 0.256 e. The van der Waals surface area contributed by atoms with Crippen LogP contribution in [-0.4, -0.2) is 4.98 Å². The van der Waals surface area contributed by atoms with E-state index in [4.69, 9.17) is 4.98 Å². The minimum atomic E-state index is 1.07. The Morgan fingerprint density at radius 3 is 1.93 bits per heavy atom. The first-order valence-electron chi connectivity index (χ1n) is 9.58. The third-order valence-electron chi connectivity index (χ3n) is 5.68. The summed E-state index contributed by atoms with van der Waals surface area (Å²) in [7, 11) is 0. The lowest BCUT2D eigenvalue weighted by Crippen LogP contribution is -1.89. The minimum absolute atomic E-state index is 1.07. The van der Waals surface area contributed by atoms with Gasteiger partial charge in [0, 0.05) is 17.0 Å². The van der Waals surface area contributed by atoms with Crippen LogP contribution in [0.25, 0.3) is 54.3 Å². The number of benzene rings is 5. The SMILES string of the molecule is c1ccc(-c2cc3c4ccccc4c4ncccc4c3c3ccccc23)cc1. The molecule has 0 radical (unpaired) electrons. The Labute approximate surface area is 162 Å². The predicted octanol–water partition coefficient (Wildman–Crippen LogP) is 7.36. The average Bonchev–Trinajstić information content (AvgIpc) is 2.79. The summed E-state index contributed by atoms with van der Waals surface area (Å²) in [5.74, 6) is 0. The normalized spacial score (nSPS) is 11.6. The van der Waals surface area contributed by atoms with Crippen LogP contribution in [0.5, 0.6) is 0 Å². The maximum absolute atomic E-state index is 4.75. The van der Waals surface area contributed by atoms with Crippen molar-refractivity contribution in [3.8, 4) is 11.1 Å². The molecule has 0 N–H and O–H groups in total. The second-order valence-corrected chi connectivity index (χ2v) is 7.20. The molecule has 6 rings (SSSR count). The number of rotatable bonds is 1. The van der Waals surface area contributed by atoms with Gasteiger partial charge in [0.15, 0.2) is 0 Å². The first kappa shape index (κ1) is 15.4. The number of hydrogen-bond donors (Lipinski definition) is 0.